The van der Waals surface area contributed by atoms with Crippen molar-refractivity contribution in [3.8, 4) is 0 Å². The van der Waals surface area contributed by atoms with E-state index < -0.39 is 11.2 Å². The Balaban J connectivity index is 2.11. The molecule has 98 valence electrons. The van der Waals surface area contributed by atoms with Crippen molar-refractivity contribution < 1.29 is 19.0 Å². The van der Waals surface area contributed by atoms with Crippen LogP contribution < -0.4 is 0 Å². The molecule has 1 aliphatic carbocycles. The van der Waals surface area contributed by atoms with E-state index in [1.165, 1.54) is 0 Å². The molecule has 2 rings (SSSR count). The highest BCUT2D eigenvalue weighted by molar-refractivity contribution is 6.33. The lowest BCUT2D eigenvalue weighted by Gasteiger charge is -2.37. The fraction of sp³-hybridized carbons (Fsp3) is 0.917. The SMILES string of the molecule is COC(C)C1OC(C)(C)OC1[C@H]1CC(=O)[C@H]1Cl. The highest BCUT2D eigenvalue weighted by Crippen LogP contribution is 2.42. The molecule has 1 saturated heterocycles. The molecule has 2 fully saturated rings. The van der Waals surface area contributed by atoms with E-state index in [4.69, 9.17) is 25.8 Å². The topological polar surface area (TPSA) is 44.8 Å². The molecule has 0 aromatic rings. The molecule has 17 heavy (non-hydrogen) atoms. The van der Waals surface area contributed by atoms with Crippen molar-refractivity contribution in [1.29, 1.82) is 0 Å². The van der Waals surface area contributed by atoms with Crippen LogP contribution >= 0.6 is 11.6 Å². The van der Waals surface area contributed by atoms with Crippen molar-refractivity contribution in [2.75, 3.05) is 7.11 Å². The highest BCUT2D eigenvalue weighted by Gasteiger charge is 2.54. The van der Waals surface area contributed by atoms with Crippen LogP contribution in [0.4, 0.5) is 0 Å². The van der Waals surface area contributed by atoms with Crippen molar-refractivity contribution in [2.45, 2.75) is 56.7 Å². The number of hydrogen-bond acceptors (Lipinski definition) is 4. The first kappa shape index (κ1) is 13.3. The molecule has 0 N–H and O–H groups in total. The summed E-state index contributed by atoms with van der Waals surface area (Å²) in [7, 11) is 1.64. The standard InChI is InChI=1S/C12H19ClO4/c1-6(15-4)10-11(17-12(2,3)16-10)7-5-8(14)9(7)13/h6-7,9-11H,5H2,1-4H3/t6?,7-,9-,10?,11?/m0/s1. The molecule has 3 unspecified atom stereocenters. The van der Waals surface area contributed by atoms with Gasteiger partial charge in [0.25, 0.3) is 0 Å². The van der Waals surface area contributed by atoms with Crippen LogP contribution in [-0.4, -0.2) is 42.4 Å². The number of hydrogen-bond donors (Lipinski definition) is 0. The Morgan fingerprint density at radius 3 is 2.59 bits per heavy atom. The Labute approximate surface area is 107 Å². The van der Waals surface area contributed by atoms with E-state index in [-0.39, 0.29) is 30.0 Å². The normalized spacial score (nSPS) is 42.3. The molecule has 5 heteroatoms. The van der Waals surface area contributed by atoms with Gasteiger partial charge in [-0.2, -0.15) is 0 Å². The summed E-state index contributed by atoms with van der Waals surface area (Å²) in [4.78, 5) is 11.2. The zero-order valence-electron chi connectivity index (χ0n) is 10.6. The Morgan fingerprint density at radius 1 is 1.47 bits per heavy atom. The van der Waals surface area contributed by atoms with Crippen LogP contribution in [0.5, 0.6) is 0 Å². The van der Waals surface area contributed by atoms with Gasteiger partial charge in [0.15, 0.2) is 11.6 Å². The molecule has 0 spiro atoms. The molecule has 4 nitrogen and oxygen atoms in total. The molecule has 1 saturated carbocycles. The second-order valence-corrected chi connectivity index (χ2v) is 5.71. The molecule has 5 atom stereocenters. The molecular weight excluding hydrogens is 244 g/mol. The van der Waals surface area contributed by atoms with Gasteiger partial charge in [-0.3, -0.25) is 4.79 Å². The van der Waals surface area contributed by atoms with Crippen LogP contribution in [0.25, 0.3) is 0 Å². The fourth-order valence-electron chi connectivity index (χ4n) is 2.45. The molecule has 0 aromatic heterocycles. The average molecular weight is 263 g/mol. The van der Waals surface area contributed by atoms with Gasteiger partial charge in [0.2, 0.25) is 0 Å². The number of rotatable bonds is 3. The van der Waals surface area contributed by atoms with E-state index in [0.29, 0.717) is 6.42 Å². The molecule has 0 aromatic carbocycles. The molecule has 0 radical (unpaired) electrons. The van der Waals surface area contributed by atoms with Gasteiger partial charge < -0.3 is 14.2 Å². The summed E-state index contributed by atoms with van der Waals surface area (Å²) < 4.78 is 17.0. The third-order valence-electron chi connectivity index (χ3n) is 3.54. The van der Waals surface area contributed by atoms with Gasteiger partial charge in [-0.1, -0.05) is 0 Å². The number of ether oxygens (including phenoxy) is 3. The minimum absolute atomic E-state index is 0.0357. The van der Waals surface area contributed by atoms with Gasteiger partial charge in [0.05, 0.1) is 17.6 Å². The summed E-state index contributed by atoms with van der Waals surface area (Å²) in [6.45, 7) is 5.67. The highest BCUT2D eigenvalue weighted by atomic mass is 35.5. The zero-order valence-corrected chi connectivity index (χ0v) is 11.4. The number of ketones is 1. The van der Waals surface area contributed by atoms with Crippen molar-refractivity contribution in [3.05, 3.63) is 0 Å². The summed E-state index contributed by atoms with van der Waals surface area (Å²) in [5, 5.41) is -0.441. The maximum absolute atomic E-state index is 11.2. The smallest absolute Gasteiger partial charge is 0.163 e. The monoisotopic (exact) mass is 262 g/mol. The maximum atomic E-state index is 11.2. The van der Waals surface area contributed by atoms with E-state index in [1.807, 2.05) is 20.8 Å². The summed E-state index contributed by atoms with van der Waals surface area (Å²) in [5.41, 5.74) is 0. The van der Waals surface area contributed by atoms with Crippen LogP contribution in [0.3, 0.4) is 0 Å². The second kappa shape index (κ2) is 4.50. The number of carbonyl (C=O) groups is 1. The fourth-order valence-corrected chi connectivity index (χ4v) is 2.78. The summed E-state index contributed by atoms with van der Waals surface area (Å²) in [6, 6.07) is 0. The third-order valence-corrected chi connectivity index (χ3v) is 4.11. The van der Waals surface area contributed by atoms with Crippen molar-refractivity contribution in [3.63, 3.8) is 0 Å². The Kier molecular flexibility index (Phi) is 3.51. The van der Waals surface area contributed by atoms with Crippen LogP contribution in [0.15, 0.2) is 0 Å². The van der Waals surface area contributed by atoms with E-state index in [1.54, 1.807) is 7.11 Å². The van der Waals surface area contributed by atoms with Gasteiger partial charge in [-0.05, 0) is 20.8 Å². The van der Waals surface area contributed by atoms with Crippen LogP contribution in [0.1, 0.15) is 27.2 Å². The van der Waals surface area contributed by atoms with Gasteiger partial charge >= 0.3 is 0 Å². The molecule has 2 aliphatic rings. The van der Waals surface area contributed by atoms with Gasteiger partial charge in [0.1, 0.15) is 6.10 Å². The number of carbonyl (C=O) groups excluding carboxylic acids is 1. The third kappa shape index (κ3) is 2.36. The first-order valence-corrected chi connectivity index (χ1v) is 6.34. The maximum Gasteiger partial charge on any atom is 0.163 e. The molecular formula is C12H19ClO4. The molecule has 1 heterocycles. The van der Waals surface area contributed by atoms with Crippen LogP contribution in [0, 0.1) is 5.92 Å². The zero-order chi connectivity index (χ0) is 12.8. The number of halogens is 1. The quantitative estimate of drug-likeness (QED) is 0.727. The first-order chi connectivity index (χ1) is 7.85. The predicted molar refractivity (Wildman–Crippen MR) is 63.1 cm³/mol. The minimum Gasteiger partial charge on any atom is -0.379 e. The molecule has 1 aliphatic heterocycles. The lowest BCUT2D eigenvalue weighted by Crippen LogP contribution is -2.51. The molecule has 0 amide bonds. The largest absolute Gasteiger partial charge is 0.379 e. The number of alkyl halides is 1. The van der Waals surface area contributed by atoms with E-state index in [9.17, 15) is 4.79 Å². The molecule has 0 bridgehead atoms. The Hall–Kier alpha value is -0.160. The van der Waals surface area contributed by atoms with E-state index in [2.05, 4.69) is 0 Å². The van der Waals surface area contributed by atoms with Crippen LogP contribution in [0.2, 0.25) is 0 Å². The van der Waals surface area contributed by atoms with E-state index in [0.717, 1.165) is 0 Å². The Bertz CT molecular complexity index is 318. The lowest BCUT2D eigenvalue weighted by molar-refractivity contribution is -0.161. The Morgan fingerprint density at radius 2 is 2.12 bits per heavy atom. The summed E-state index contributed by atoms with van der Waals surface area (Å²) in [6.07, 6.45) is 0.0569. The lowest BCUT2D eigenvalue weighted by atomic mass is 9.77. The van der Waals surface area contributed by atoms with Crippen molar-refractivity contribution in [1.82, 2.24) is 0 Å². The number of methoxy groups -OCH3 is 1. The minimum atomic E-state index is -0.641. The average Bonchev–Trinajstić information content (AvgIpc) is 2.60. The summed E-state index contributed by atoms with van der Waals surface area (Å²) >= 11 is 6.03. The first-order valence-electron chi connectivity index (χ1n) is 5.91. The van der Waals surface area contributed by atoms with Gasteiger partial charge in [-0.25, -0.2) is 0 Å². The van der Waals surface area contributed by atoms with Gasteiger partial charge in [0, 0.05) is 19.4 Å². The van der Waals surface area contributed by atoms with Crippen LogP contribution in [-0.2, 0) is 19.0 Å². The van der Waals surface area contributed by atoms with Crippen molar-refractivity contribution in [2.24, 2.45) is 5.92 Å². The van der Waals surface area contributed by atoms with Gasteiger partial charge in [-0.15, -0.1) is 11.6 Å². The summed E-state index contributed by atoms with van der Waals surface area (Å²) in [5.74, 6) is -0.514. The second-order valence-electron chi connectivity index (χ2n) is 5.24. The van der Waals surface area contributed by atoms with Crippen molar-refractivity contribution >= 4 is 17.4 Å². The predicted octanol–water partition coefficient (Wildman–Crippen LogP) is 1.74. The number of Topliss-reactive ketones (excluding diaryl/α,β-unsaturated/α-hetero) is 1. The van der Waals surface area contributed by atoms with E-state index >= 15 is 0 Å².